The van der Waals surface area contributed by atoms with E-state index in [2.05, 4.69) is 10.6 Å². The Hall–Kier alpha value is -2.89. The second-order valence-electron chi connectivity index (χ2n) is 5.97. The molecule has 3 rings (SSSR count). The summed E-state index contributed by atoms with van der Waals surface area (Å²) < 4.78 is 16.4. The van der Waals surface area contributed by atoms with Gasteiger partial charge >= 0.3 is 6.03 Å². The summed E-state index contributed by atoms with van der Waals surface area (Å²) in [5.74, 6) is 2.39. The molecule has 0 spiro atoms. The van der Waals surface area contributed by atoms with Gasteiger partial charge in [-0.1, -0.05) is 24.3 Å². The lowest BCUT2D eigenvalue weighted by molar-refractivity contribution is 0.171. The Balaban J connectivity index is 1.38. The molecule has 1 aliphatic heterocycles. The van der Waals surface area contributed by atoms with E-state index in [0.717, 1.165) is 41.2 Å². The van der Waals surface area contributed by atoms with Crippen molar-refractivity contribution in [1.82, 2.24) is 10.6 Å². The van der Waals surface area contributed by atoms with Crippen LogP contribution in [0.5, 0.6) is 17.2 Å². The fraction of sp³-hybridized carbons (Fsp3) is 0.350. The zero-order valence-electron chi connectivity index (χ0n) is 14.9. The number of nitrogens with one attached hydrogen (secondary N) is 2. The molecular formula is C20H24N2O4. The summed E-state index contributed by atoms with van der Waals surface area (Å²) in [4.78, 5) is 11.9. The van der Waals surface area contributed by atoms with Crippen LogP contribution >= 0.6 is 0 Å². The van der Waals surface area contributed by atoms with Gasteiger partial charge in [0, 0.05) is 13.1 Å². The highest BCUT2D eigenvalue weighted by atomic mass is 16.6. The number of carbonyl (C=O) groups is 1. The number of carbonyl (C=O) groups excluding carboxylic acids is 1. The molecule has 2 aromatic rings. The lowest BCUT2D eigenvalue weighted by atomic mass is 10.1. The summed E-state index contributed by atoms with van der Waals surface area (Å²) in [7, 11) is 1.65. The molecule has 0 fully saturated rings. The Morgan fingerprint density at radius 1 is 1.00 bits per heavy atom. The van der Waals surface area contributed by atoms with Crippen molar-refractivity contribution in [3.63, 3.8) is 0 Å². The first kappa shape index (κ1) is 17.9. The minimum absolute atomic E-state index is 0.169. The average Bonchev–Trinajstić information content (AvgIpc) is 2.68. The van der Waals surface area contributed by atoms with Crippen LogP contribution in [0.15, 0.2) is 42.5 Å². The number of hydrogen-bond donors (Lipinski definition) is 2. The van der Waals surface area contributed by atoms with Crippen molar-refractivity contribution in [2.45, 2.75) is 12.8 Å². The van der Waals surface area contributed by atoms with Crippen molar-refractivity contribution >= 4 is 6.03 Å². The first-order valence-electron chi connectivity index (χ1n) is 8.78. The molecule has 0 saturated carbocycles. The van der Waals surface area contributed by atoms with E-state index >= 15 is 0 Å². The number of benzene rings is 2. The van der Waals surface area contributed by atoms with E-state index in [4.69, 9.17) is 14.2 Å². The van der Waals surface area contributed by atoms with Gasteiger partial charge in [-0.2, -0.15) is 0 Å². The van der Waals surface area contributed by atoms with Crippen LogP contribution in [-0.2, 0) is 12.8 Å². The van der Waals surface area contributed by atoms with Crippen LogP contribution in [0.1, 0.15) is 11.1 Å². The maximum Gasteiger partial charge on any atom is 0.314 e. The largest absolute Gasteiger partial charge is 0.496 e. The van der Waals surface area contributed by atoms with E-state index in [1.54, 1.807) is 7.11 Å². The van der Waals surface area contributed by atoms with Crippen molar-refractivity contribution in [3.8, 4) is 17.2 Å². The first-order chi connectivity index (χ1) is 12.8. The maximum atomic E-state index is 11.9. The normalized spacial score (nSPS) is 12.3. The molecule has 2 aromatic carbocycles. The molecule has 0 saturated heterocycles. The Labute approximate surface area is 153 Å². The van der Waals surface area contributed by atoms with Crippen LogP contribution in [0, 0.1) is 0 Å². The zero-order valence-corrected chi connectivity index (χ0v) is 14.9. The van der Waals surface area contributed by atoms with Gasteiger partial charge in [-0.15, -0.1) is 0 Å². The summed E-state index contributed by atoms with van der Waals surface area (Å²) in [5, 5.41) is 5.74. The predicted octanol–water partition coefficient (Wildman–Crippen LogP) is 2.55. The number of hydrogen-bond acceptors (Lipinski definition) is 4. The van der Waals surface area contributed by atoms with Crippen LogP contribution in [-0.4, -0.2) is 39.4 Å². The van der Waals surface area contributed by atoms with Crippen molar-refractivity contribution < 1.29 is 19.0 Å². The number of fused-ring (bicyclic) bond motifs is 1. The molecule has 0 aromatic heterocycles. The van der Waals surface area contributed by atoms with Crippen molar-refractivity contribution in [2.75, 3.05) is 33.4 Å². The Kier molecular flexibility index (Phi) is 6.19. The highest BCUT2D eigenvalue weighted by Crippen LogP contribution is 2.30. The van der Waals surface area contributed by atoms with Gasteiger partial charge in [0.25, 0.3) is 0 Å². The molecule has 0 atom stereocenters. The number of urea groups is 1. The third-order valence-electron chi connectivity index (χ3n) is 4.18. The second-order valence-corrected chi connectivity index (χ2v) is 5.97. The van der Waals surface area contributed by atoms with Gasteiger partial charge in [0.05, 0.1) is 7.11 Å². The van der Waals surface area contributed by atoms with Crippen molar-refractivity contribution in [2.24, 2.45) is 0 Å². The molecule has 2 N–H and O–H groups in total. The van der Waals surface area contributed by atoms with E-state index in [9.17, 15) is 4.79 Å². The van der Waals surface area contributed by atoms with Crippen LogP contribution in [0.3, 0.4) is 0 Å². The molecule has 0 bridgehead atoms. The standard InChI is InChI=1S/C20H24N2O4/c1-24-17-5-3-2-4-16(17)9-11-22-20(23)21-10-8-15-6-7-18-19(14-15)26-13-12-25-18/h2-7,14H,8-13H2,1H3,(H2,21,22,23). The molecule has 138 valence electrons. The van der Waals surface area contributed by atoms with Gasteiger partial charge in [0.2, 0.25) is 0 Å². The number of para-hydroxylation sites is 1. The lowest BCUT2D eigenvalue weighted by Gasteiger charge is -2.18. The predicted molar refractivity (Wildman–Crippen MR) is 99.2 cm³/mol. The third kappa shape index (κ3) is 4.81. The summed E-state index contributed by atoms with van der Waals surface area (Å²) in [6.07, 6.45) is 1.45. The van der Waals surface area contributed by atoms with E-state index in [0.29, 0.717) is 26.3 Å². The molecule has 0 radical (unpaired) electrons. The molecule has 6 nitrogen and oxygen atoms in total. The van der Waals surface area contributed by atoms with Crippen molar-refractivity contribution in [1.29, 1.82) is 0 Å². The van der Waals surface area contributed by atoms with Crippen LogP contribution in [0.2, 0.25) is 0 Å². The van der Waals surface area contributed by atoms with Gasteiger partial charge in [0.1, 0.15) is 19.0 Å². The summed E-state index contributed by atoms with van der Waals surface area (Å²) >= 11 is 0. The van der Waals surface area contributed by atoms with E-state index in [1.807, 2.05) is 42.5 Å². The van der Waals surface area contributed by atoms with Crippen LogP contribution in [0.4, 0.5) is 4.79 Å². The van der Waals surface area contributed by atoms with Crippen molar-refractivity contribution in [3.05, 3.63) is 53.6 Å². The smallest absolute Gasteiger partial charge is 0.314 e. The monoisotopic (exact) mass is 356 g/mol. The minimum atomic E-state index is -0.169. The van der Waals surface area contributed by atoms with Gasteiger partial charge in [-0.05, 0) is 42.2 Å². The molecule has 6 heteroatoms. The Bertz CT molecular complexity index is 748. The lowest BCUT2D eigenvalue weighted by Crippen LogP contribution is -2.37. The van der Waals surface area contributed by atoms with Crippen LogP contribution < -0.4 is 24.8 Å². The molecule has 2 amide bonds. The summed E-state index contributed by atoms with van der Waals surface area (Å²) in [5.41, 5.74) is 2.18. The van der Waals surface area contributed by atoms with E-state index < -0.39 is 0 Å². The quantitative estimate of drug-likeness (QED) is 0.800. The van der Waals surface area contributed by atoms with E-state index in [-0.39, 0.29) is 6.03 Å². The molecule has 0 aliphatic carbocycles. The zero-order chi connectivity index (χ0) is 18.2. The fourth-order valence-electron chi connectivity index (χ4n) is 2.85. The number of amides is 2. The highest BCUT2D eigenvalue weighted by molar-refractivity contribution is 5.73. The van der Waals surface area contributed by atoms with E-state index in [1.165, 1.54) is 0 Å². The summed E-state index contributed by atoms with van der Waals surface area (Å²) in [6, 6.07) is 13.5. The number of ether oxygens (including phenoxy) is 3. The molecule has 0 unspecified atom stereocenters. The van der Waals surface area contributed by atoms with Gasteiger partial charge < -0.3 is 24.8 Å². The topological polar surface area (TPSA) is 68.8 Å². The van der Waals surface area contributed by atoms with Gasteiger partial charge in [0.15, 0.2) is 11.5 Å². The molecular weight excluding hydrogens is 332 g/mol. The average molecular weight is 356 g/mol. The first-order valence-corrected chi connectivity index (χ1v) is 8.78. The number of rotatable bonds is 7. The fourth-order valence-corrected chi connectivity index (χ4v) is 2.85. The molecule has 1 heterocycles. The second kappa shape index (κ2) is 8.99. The third-order valence-corrected chi connectivity index (χ3v) is 4.18. The Morgan fingerprint density at radius 3 is 2.54 bits per heavy atom. The summed E-state index contributed by atoms with van der Waals surface area (Å²) in [6.45, 7) is 2.27. The van der Waals surface area contributed by atoms with Gasteiger partial charge in [-0.3, -0.25) is 0 Å². The van der Waals surface area contributed by atoms with Crippen LogP contribution in [0.25, 0.3) is 0 Å². The SMILES string of the molecule is COc1ccccc1CCNC(=O)NCCc1ccc2c(c1)OCCO2. The highest BCUT2D eigenvalue weighted by Gasteiger charge is 2.11. The maximum absolute atomic E-state index is 11.9. The number of methoxy groups -OCH3 is 1. The Morgan fingerprint density at radius 2 is 1.73 bits per heavy atom. The molecule has 1 aliphatic rings. The minimum Gasteiger partial charge on any atom is -0.496 e. The van der Waals surface area contributed by atoms with Gasteiger partial charge in [-0.25, -0.2) is 4.79 Å². The molecule has 26 heavy (non-hydrogen) atoms.